The molecule has 0 fully saturated rings. The molecule has 0 unspecified atom stereocenters. The van der Waals surface area contributed by atoms with Crippen molar-refractivity contribution < 1.29 is 9.53 Å². The summed E-state index contributed by atoms with van der Waals surface area (Å²) < 4.78 is 9.33. The van der Waals surface area contributed by atoms with E-state index in [1.54, 1.807) is 6.21 Å². The lowest BCUT2D eigenvalue weighted by Gasteiger charge is -2.15. The van der Waals surface area contributed by atoms with Crippen LogP contribution in [-0.2, 0) is 13.0 Å². The van der Waals surface area contributed by atoms with Crippen LogP contribution < -0.4 is 10.2 Å². The van der Waals surface area contributed by atoms with E-state index in [-0.39, 0.29) is 5.91 Å². The number of nitrogens with one attached hydrogen (secondary N) is 1. The van der Waals surface area contributed by atoms with Gasteiger partial charge in [0.2, 0.25) is 0 Å². The lowest BCUT2D eigenvalue weighted by Crippen LogP contribution is -2.17. The van der Waals surface area contributed by atoms with Gasteiger partial charge in [-0.3, -0.25) is 4.79 Å². The molecule has 1 N–H and O–H groups in total. The molecule has 0 aliphatic rings. The molecule has 1 heterocycles. The number of halogens is 1. The molecule has 0 spiro atoms. The molecule has 1 aromatic heterocycles. The molecule has 222 valence electrons. The minimum atomic E-state index is -0.286. The van der Waals surface area contributed by atoms with Crippen LogP contribution in [0.1, 0.15) is 32.7 Å². The molecule has 0 aliphatic carbocycles. The Morgan fingerprint density at radius 3 is 2.44 bits per heavy atom. The summed E-state index contributed by atoms with van der Waals surface area (Å²) in [5, 5.41) is 6.60. The standard InChI is InChI=1S/C39H32BrN3O2/c1-3-10-32-23-28(24-36(40)38(32)45-26-33-15-9-14-29-11-7-8-16-35(29)33)25-41-42-39(44)31-18-20-34(21-19-31)43-27(2)17-22-37(43)30-12-5-4-6-13-30/h3-9,11-25H,1,10,26H2,2H3,(H,42,44)/b41-25+. The number of fused-ring (bicyclic) bond motifs is 1. The zero-order valence-electron chi connectivity index (χ0n) is 24.9. The summed E-state index contributed by atoms with van der Waals surface area (Å²) in [6.45, 7) is 6.43. The summed E-state index contributed by atoms with van der Waals surface area (Å²) in [6.07, 6.45) is 4.10. The Hall–Kier alpha value is -5.20. The van der Waals surface area contributed by atoms with Crippen molar-refractivity contribution in [1.29, 1.82) is 0 Å². The molecular formula is C39H32BrN3O2. The van der Waals surface area contributed by atoms with Crippen molar-refractivity contribution >= 4 is 38.8 Å². The van der Waals surface area contributed by atoms with Gasteiger partial charge in [-0.25, -0.2) is 5.43 Å². The van der Waals surface area contributed by atoms with Gasteiger partial charge < -0.3 is 9.30 Å². The highest BCUT2D eigenvalue weighted by Crippen LogP contribution is 2.33. The van der Waals surface area contributed by atoms with Crippen LogP contribution in [0.4, 0.5) is 0 Å². The number of amides is 1. The number of carbonyl (C=O) groups excluding carboxylic acids is 1. The molecule has 5 aromatic carbocycles. The number of hydrogen-bond donors (Lipinski definition) is 1. The van der Waals surface area contributed by atoms with E-state index in [1.807, 2.05) is 78.9 Å². The van der Waals surface area contributed by atoms with Crippen LogP contribution in [0.15, 0.2) is 144 Å². The Bertz CT molecular complexity index is 2010. The van der Waals surface area contributed by atoms with Gasteiger partial charge >= 0.3 is 0 Å². The van der Waals surface area contributed by atoms with E-state index in [9.17, 15) is 4.79 Å². The fourth-order valence-electron chi connectivity index (χ4n) is 5.49. The first kappa shape index (κ1) is 29.9. The molecular weight excluding hydrogens is 622 g/mol. The zero-order valence-corrected chi connectivity index (χ0v) is 26.5. The highest BCUT2D eigenvalue weighted by molar-refractivity contribution is 9.10. The van der Waals surface area contributed by atoms with Crippen molar-refractivity contribution in [3.63, 3.8) is 0 Å². The maximum Gasteiger partial charge on any atom is 0.271 e. The third-order valence-corrected chi connectivity index (χ3v) is 8.26. The first-order chi connectivity index (χ1) is 22.0. The van der Waals surface area contributed by atoms with Crippen molar-refractivity contribution in [3.8, 4) is 22.7 Å². The molecule has 0 saturated heterocycles. The molecule has 6 rings (SSSR count). The number of rotatable bonds is 10. The van der Waals surface area contributed by atoms with Crippen LogP contribution in [0.2, 0.25) is 0 Å². The van der Waals surface area contributed by atoms with Gasteiger partial charge in [-0.1, -0.05) is 78.9 Å². The number of nitrogens with zero attached hydrogens (tertiary/aromatic N) is 2. The molecule has 5 nitrogen and oxygen atoms in total. The predicted octanol–water partition coefficient (Wildman–Crippen LogP) is 9.44. The minimum Gasteiger partial charge on any atom is -0.487 e. The molecule has 1 amide bonds. The van der Waals surface area contributed by atoms with E-state index < -0.39 is 0 Å². The monoisotopic (exact) mass is 653 g/mol. The Kier molecular flexibility index (Phi) is 9.04. The number of aromatic nitrogens is 1. The SMILES string of the molecule is C=CCc1cc(/C=N/NC(=O)c2ccc(-n3c(C)ccc3-c3ccccc3)cc2)cc(Br)c1OCc1cccc2ccccc12. The van der Waals surface area contributed by atoms with E-state index in [4.69, 9.17) is 4.74 Å². The lowest BCUT2D eigenvalue weighted by molar-refractivity contribution is 0.0955. The Morgan fingerprint density at radius 2 is 1.64 bits per heavy atom. The summed E-state index contributed by atoms with van der Waals surface area (Å²) >= 11 is 3.69. The number of benzene rings is 5. The van der Waals surface area contributed by atoms with E-state index in [1.165, 1.54) is 10.8 Å². The number of allylic oxidation sites excluding steroid dienone is 1. The van der Waals surface area contributed by atoms with Crippen molar-refractivity contribution in [2.75, 3.05) is 0 Å². The van der Waals surface area contributed by atoms with Gasteiger partial charge in [0, 0.05) is 16.9 Å². The largest absolute Gasteiger partial charge is 0.487 e. The zero-order chi connectivity index (χ0) is 31.2. The van der Waals surface area contributed by atoms with Crippen molar-refractivity contribution in [2.24, 2.45) is 5.10 Å². The van der Waals surface area contributed by atoms with Crippen LogP contribution in [-0.4, -0.2) is 16.7 Å². The Morgan fingerprint density at radius 1 is 0.889 bits per heavy atom. The second kappa shape index (κ2) is 13.6. The summed E-state index contributed by atoms with van der Waals surface area (Å²) in [4.78, 5) is 12.9. The maximum absolute atomic E-state index is 12.9. The van der Waals surface area contributed by atoms with E-state index in [0.717, 1.165) is 49.6 Å². The highest BCUT2D eigenvalue weighted by atomic mass is 79.9. The van der Waals surface area contributed by atoms with Crippen LogP contribution in [0, 0.1) is 6.92 Å². The minimum absolute atomic E-state index is 0.286. The van der Waals surface area contributed by atoms with Gasteiger partial charge in [0.05, 0.1) is 16.4 Å². The smallest absolute Gasteiger partial charge is 0.271 e. The summed E-state index contributed by atoms with van der Waals surface area (Å²) in [7, 11) is 0. The molecule has 6 heteroatoms. The van der Waals surface area contributed by atoms with Gasteiger partial charge in [-0.05, 0) is 111 Å². The normalized spacial score (nSPS) is 11.2. The van der Waals surface area contributed by atoms with E-state index in [0.29, 0.717) is 18.6 Å². The van der Waals surface area contributed by atoms with E-state index in [2.05, 4.69) is 93.1 Å². The number of carbonyl (C=O) groups is 1. The van der Waals surface area contributed by atoms with Crippen LogP contribution in [0.3, 0.4) is 0 Å². The summed E-state index contributed by atoms with van der Waals surface area (Å²) in [6, 6.07) is 40.5. The topological polar surface area (TPSA) is 55.6 Å². The number of hydrazone groups is 1. The second-order valence-electron chi connectivity index (χ2n) is 10.7. The number of hydrogen-bond acceptors (Lipinski definition) is 3. The fourth-order valence-corrected chi connectivity index (χ4v) is 6.13. The molecule has 6 aromatic rings. The highest BCUT2D eigenvalue weighted by Gasteiger charge is 2.13. The number of ether oxygens (including phenoxy) is 1. The van der Waals surface area contributed by atoms with Crippen molar-refractivity contribution in [3.05, 3.63) is 166 Å². The first-order valence-corrected chi connectivity index (χ1v) is 15.5. The first-order valence-electron chi connectivity index (χ1n) is 14.7. The number of aryl methyl sites for hydroxylation is 1. The van der Waals surface area contributed by atoms with Gasteiger partial charge in [0.25, 0.3) is 5.91 Å². The van der Waals surface area contributed by atoms with Gasteiger partial charge in [-0.2, -0.15) is 5.10 Å². The summed E-state index contributed by atoms with van der Waals surface area (Å²) in [5.41, 5.74) is 10.4. The third kappa shape index (κ3) is 6.66. The lowest BCUT2D eigenvalue weighted by atomic mass is 10.0. The van der Waals surface area contributed by atoms with Crippen LogP contribution >= 0.6 is 15.9 Å². The fraction of sp³-hybridized carbons (Fsp3) is 0.0769. The van der Waals surface area contributed by atoms with Crippen molar-refractivity contribution in [2.45, 2.75) is 20.0 Å². The average Bonchev–Trinajstić information content (AvgIpc) is 3.46. The Labute approximate surface area is 271 Å². The molecule has 0 aliphatic heterocycles. The van der Waals surface area contributed by atoms with Gasteiger partial charge in [0.1, 0.15) is 12.4 Å². The average molecular weight is 655 g/mol. The quantitative estimate of drug-likeness (QED) is 0.0909. The predicted molar refractivity (Wildman–Crippen MR) is 187 cm³/mol. The molecule has 0 atom stereocenters. The van der Waals surface area contributed by atoms with Crippen LogP contribution in [0.25, 0.3) is 27.7 Å². The molecule has 45 heavy (non-hydrogen) atoms. The van der Waals surface area contributed by atoms with Gasteiger partial charge in [0.15, 0.2) is 0 Å². The molecule has 0 radical (unpaired) electrons. The van der Waals surface area contributed by atoms with E-state index >= 15 is 0 Å². The second-order valence-corrected chi connectivity index (χ2v) is 11.6. The summed E-state index contributed by atoms with van der Waals surface area (Å²) in [5.74, 6) is 0.475. The van der Waals surface area contributed by atoms with Crippen LogP contribution in [0.5, 0.6) is 5.75 Å². The van der Waals surface area contributed by atoms with Gasteiger partial charge in [-0.15, -0.1) is 6.58 Å². The third-order valence-electron chi connectivity index (χ3n) is 7.67. The molecule has 0 saturated carbocycles. The van der Waals surface area contributed by atoms with Crippen molar-refractivity contribution in [1.82, 2.24) is 9.99 Å². The maximum atomic E-state index is 12.9. The Balaban J connectivity index is 1.14. The molecule has 0 bridgehead atoms.